The highest BCUT2D eigenvalue weighted by Crippen LogP contribution is 2.37. The number of nitrogens with one attached hydrogen (secondary N) is 1. The van der Waals surface area contributed by atoms with E-state index in [1.807, 2.05) is 29.5 Å². The summed E-state index contributed by atoms with van der Waals surface area (Å²) in [5, 5.41) is 2.54. The highest BCUT2D eigenvalue weighted by atomic mass is 127. The Morgan fingerprint density at radius 3 is 2.30 bits per heavy atom. The summed E-state index contributed by atoms with van der Waals surface area (Å²) in [4.78, 5) is 39.5. The van der Waals surface area contributed by atoms with Gasteiger partial charge in [-0.25, -0.2) is 4.79 Å². The number of imide groups is 2. The van der Waals surface area contributed by atoms with Crippen LogP contribution < -0.4 is 23.7 Å². The van der Waals surface area contributed by atoms with Gasteiger partial charge < -0.3 is 18.4 Å². The van der Waals surface area contributed by atoms with Crippen LogP contribution in [0.15, 0.2) is 65.1 Å². The molecule has 1 fully saturated rings. The van der Waals surface area contributed by atoms with Crippen LogP contribution in [0.3, 0.4) is 0 Å². The van der Waals surface area contributed by atoms with E-state index in [9.17, 15) is 22.8 Å². The summed E-state index contributed by atoms with van der Waals surface area (Å²) in [6, 6.07) is 12.5. The van der Waals surface area contributed by atoms with Crippen LogP contribution in [0, 0.1) is 3.57 Å². The molecule has 11 nitrogen and oxygen atoms in total. The Hall–Kier alpha value is -3.82. The minimum Gasteiger partial charge on any atom is -0.493 e. The topological polar surface area (TPSA) is 138 Å². The van der Waals surface area contributed by atoms with Gasteiger partial charge in [-0.3, -0.25) is 19.8 Å². The van der Waals surface area contributed by atoms with Crippen LogP contribution in [-0.4, -0.2) is 52.0 Å². The van der Waals surface area contributed by atoms with E-state index in [0.717, 1.165) is 11.3 Å². The first-order valence-corrected chi connectivity index (χ1v) is 15.6. The van der Waals surface area contributed by atoms with Gasteiger partial charge in [0.15, 0.2) is 23.0 Å². The molecule has 1 aliphatic rings. The van der Waals surface area contributed by atoms with E-state index in [4.69, 9.17) is 30.0 Å². The van der Waals surface area contributed by atoms with Crippen molar-refractivity contribution in [2.75, 3.05) is 20.8 Å². The first-order chi connectivity index (χ1) is 20.5. The smallest absolute Gasteiger partial charge is 0.339 e. The van der Waals surface area contributed by atoms with Crippen LogP contribution in [-0.2, 0) is 26.3 Å². The fraction of sp³-hybridized carbons (Fsp3) is 0.207. The molecule has 226 valence electrons. The highest BCUT2D eigenvalue weighted by Gasteiger charge is 2.36. The van der Waals surface area contributed by atoms with Crippen molar-refractivity contribution in [1.82, 2.24) is 10.2 Å². The van der Waals surface area contributed by atoms with Gasteiger partial charge in [0.25, 0.3) is 11.8 Å². The number of hydrogen-bond donors (Lipinski definition) is 1. The van der Waals surface area contributed by atoms with E-state index < -0.39 is 28.0 Å². The van der Waals surface area contributed by atoms with E-state index in [-0.39, 0.29) is 28.5 Å². The second-order valence-corrected chi connectivity index (χ2v) is 12.2. The van der Waals surface area contributed by atoms with Crippen molar-refractivity contribution in [3.63, 3.8) is 0 Å². The molecule has 0 spiro atoms. The first-order valence-electron chi connectivity index (χ1n) is 12.7. The van der Waals surface area contributed by atoms with Crippen LogP contribution in [0.5, 0.6) is 23.0 Å². The van der Waals surface area contributed by atoms with Crippen molar-refractivity contribution in [3.8, 4) is 23.0 Å². The minimum absolute atomic E-state index is 0.0327. The van der Waals surface area contributed by atoms with Crippen LogP contribution in [0.25, 0.3) is 6.08 Å². The maximum Gasteiger partial charge on any atom is 0.339 e. The quantitative estimate of drug-likeness (QED) is 0.122. The summed E-state index contributed by atoms with van der Waals surface area (Å²) in [7, 11) is -1.44. The monoisotopic (exact) mass is 740 g/mol. The van der Waals surface area contributed by atoms with Gasteiger partial charge in [0.05, 0.1) is 30.9 Å². The molecule has 0 bridgehead atoms. The Kier molecular flexibility index (Phi) is 10.2. The van der Waals surface area contributed by atoms with Crippen molar-refractivity contribution in [2.24, 2.45) is 0 Å². The SMILES string of the molecule is CCCOc1ccc(CN2C(=O)NC(=O)/C(=C\c3cc(I)c(OS(=O)(=O)c4ccc(Cl)cc4)c(OC)c3)C2=O)cc1OC. The van der Waals surface area contributed by atoms with Gasteiger partial charge >= 0.3 is 16.1 Å². The molecule has 0 aromatic heterocycles. The van der Waals surface area contributed by atoms with Crippen molar-refractivity contribution in [2.45, 2.75) is 24.8 Å². The summed E-state index contributed by atoms with van der Waals surface area (Å²) in [6.45, 7) is 2.32. The molecule has 1 aliphatic heterocycles. The molecule has 1 N–H and O–H groups in total. The van der Waals surface area contributed by atoms with E-state index in [1.165, 1.54) is 56.7 Å². The Morgan fingerprint density at radius 1 is 0.953 bits per heavy atom. The third-order valence-electron chi connectivity index (χ3n) is 6.07. The summed E-state index contributed by atoms with van der Waals surface area (Å²) in [5.74, 6) is -0.799. The lowest BCUT2D eigenvalue weighted by molar-refractivity contribution is -0.130. The molecule has 3 aromatic carbocycles. The molecule has 1 heterocycles. The molecule has 0 radical (unpaired) electrons. The Bertz CT molecular complexity index is 1710. The van der Waals surface area contributed by atoms with Gasteiger partial charge in [-0.05, 0) is 94.7 Å². The number of benzene rings is 3. The number of carbonyl (C=O) groups is 3. The van der Waals surface area contributed by atoms with Crippen molar-refractivity contribution in [1.29, 1.82) is 0 Å². The maximum absolute atomic E-state index is 13.4. The Balaban J connectivity index is 1.62. The maximum atomic E-state index is 13.4. The number of halogens is 2. The summed E-state index contributed by atoms with van der Waals surface area (Å²) < 4.78 is 47.8. The Morgan fingerprint density at radius 2 is 1.65 bits per heavy atom. The number of hydrogen-bond acceptors (Lipinski definition) is 9. The van der Waals surface area contributed by atoms with E-state index in [2.05, 4.69) is 5.32 Å². The zero-order valence-electron chi connectivity index (χ0n) is 23.2. The average molecular weight is 741 g/mol. The Labute approximate surface area is 267 Å². The molecule has 0 aliphatic carbocycles. The second-order valence-electron chi connectivity index (χ2n) is 9.07. The third kappa shape index (κ3) is 7.40. The van der Waals surface area contributed by atoms with Gasteiger partial charge in [-0.15, -0.1) is 0 Å². The average Bonchev–Trinajstić information content (AvgIpc) is 2.97. The lowest BCUT2D eigenvalue weighted by Crippen LogP contribution is -2.53. The molecular weight excluding hydrogens is 715 g/mol. The third-order valence-corrected chi connectivity index (χ3v) is 8.36. The number of nitrogens with zero attached hydrogens (tertiary/aromatic N) is 1. The molecular formula is C29H26ClIN2O9S. The normalized spacial score (nSPS) is 14.5. The molecule has 3 aromatic rings. The van der Waals surface area contributed by atoms with Gasteiger partial charge in [0.2, 0.25) is 0 Å². The molecule has 1 saturated heterocycles. The molecule has 4 rings (SSSR count). The van der Waals surface area contributed by atoms with E-state index in [1.54, 1.807) is 18.2 Å². The zero-order chi connectivity index (χ0) is 31.3. The standard InChI is InChI=1S/C29H26ClIN2O9S/c1-4-11-41-23-10-5-17(14-24(23)39-2)16-33-28(35)21(27(34)32-29(33)36)12-18-13-22(31)26(25(15-18)40-3)42-43(37,38)20-8-6-19(30)7-9-20/h5-10,12-15H,4,11,16H2,1-3H3,(H,32,34,36)/b21-12+. The highest BCUT2D eigenvalue weighted by molar-refractivity contribution is 14.1. The lowest BCUT2D eigenvalue weighted by atomic mass is 10.1. The zero-order valence-corrected chi connectivity index (χ0v) is 26.9. The summed E-state index contributed by atoms with van der Waals surface area (Å²) in [6.07, 6.45) is 2.08. The number of amides is 4. The number of carbonyl (C=O) groups excluding carboxylic acids is 3. The number of barbiturate groups is 1. The fourth-order valence-corrected chi connectivity index (χ4v) is 5.96. The van der Waals surface area contributed by atoms with Gasteiger partial charge in [0.1, 0.15) is 10.5 Å². The fourth-order valence-electron chi connectivity index (χ4n) is 3.99. The number of rotatable bonds is 11. The van der Waals surface area contributed by atoms with Gasteiger partial charge in [-0.2, -0.15) is 8.42 Å². The molecule has 0 atom stereocenters. The first kappa shape index (κ1) is 32.1. The van der Waals surface area contributed by atoms with Crippen molar-refractivity contribution in [3.05, 3.63) is 79.9 Å². The predicted molar refractivity (Wildman–Crippen MR) is 166 cm³/mol. The molecule has 0 unspecified atom stereocenters. The van der Waals surface area contributed by atoms with Crippen LogP contribution in [0.1, 0.15) is 24.5 Å². The van der Waals surface area contributed by atoms with Crippen molar-refractivity contribution >= 4 is 68.2 Å². The second kappa shape index (κ2) is 13.7. The molecule has 43 heavy (non-hydrogen) atoms. The number of ether oxygens (including phenoxy) is 3. The van der Waals surface area contributed by atoms with Crippen LogP contribution >= 0.6 is 34.2 Å². The number of urea groups is 1. The largest absolute Gasteiger partial charge is 0.493 e. The molecule has 4 amide bonds. The minimum atomic E-state index is -4.24. The lowest BCUT2D eigenvalue weighted by Gasteiger charge is -2.26. The van der Waals surface area contributed by atoms with Crippen molar-refractivity contribution < 1.29 is 41.2 Å². The van der Waals surface area contributed by atoms with Crippen LogP contribution in [0.2, 0.25) is 5.02 Å². The molecule has 0 saturated carbocycles. The molecule has 14 heteroatoms. The predicted octanol–water partition coefficient (Wildman–Crippen LogP) is 5.18. The number of methoxy groups -OCH3 is 2. The van der Waals surface area contributed by atoms with Gasteiger partial charge in [0, 0.05) is 5.02 Å². The summed E-state index contributed by atoms with van der Waals surface area (Å²) >= 11 is 7.71. The van der Waals surface area contributed by atoms with E-state index in [0.29, 0.717) is 37.8 Å². The summed E-state index contributed by atoms with van der Waals surface area (Å²) in [5.41, 5.74) is 0.580. The van der Waals surface area contributed by atoms with Gasteiger partial charge in [-0.1, -0.05) is 24.6 Å². The van der Waals surface area contributed by atoms with E-state index >= 15 is 0 Å². The van der Waals surface area contributed by atoms with Crippen LogP contribution in [0.4, 0.5) is 4.79 Å².